The van der Waals surface area contributed by atoms with Crippen molar-refractivity contribution in [2.24, 2.45) is 0 Å². The highest BCUT2D eigenvalue weighted by molar-refractivity contribution is 5.93. The Hall–Kier alpha value is -3.62. The molecule has 31 heavy (non-hydrogen) atoms. The highest BCUT2D eigenvalue weighted by Gasteiger charge is 2.20. The van der Waals surface area contributed by atoms with Gasteiger partial charge in [-0.1, -0.05) is 17.3 Å². The molecule has 1 amide bonds. The van der Waals surface area contributed by atoms with E-state index < -0.39 is 5.97 Å². The number of anilines is 1. The van der Waals surface area contributed by atoms with Gasteiger partial charge >= 0.3 is 5.97 Å². The lowest BCUT2D eigenvalue weighted by molar-refractivity contribution is -0.115. The Balaban J connectivity index is 1.57. The maximum Gasteiger partial charge on any atom is 0.340 e. The molecule has 0 fully saturated rings. The molecule has 0 aliphatic carbocycles. The van der Waals surface area contributed by atoms with Gasteiger partial charge in [-0.3, -0.25) is 4.79 Å². The molecule has 1 N–H and O–H groups in total. The third-order valence-corrected chi connectivity index (χ3v) is 4.76. The minimum atomic E-state index is -0.464. The van der Waals surface area contributed by atoms with Gasteiger partial charge in [-0.15, -0.1) is 0 Å². The second-order valence-electron chi connectivity index (χ2n) is 7.35. The predicted molar refractivity (Wildman–Crippen MR) is 113 cm³/mol. The number of hydrogen-bond acceptors (Lipinski definition) is 7. The normalized spacial score (nSPS) is 10.9. The molecule has 0 aliphatic rings. The molecule has 3 rings (SSSR count). The van der Waals surface area contributed by atoms with Crippen LogP contribution in [0.15, 0.2) is 34.9 Å². The number of para-hydroxylation sites is 2. The smallest absolute Gasteiger partial charge is 0.340 e. The van der Waals surface area contributed by atoms with Crippen molar-refractivity contribution in [1.82, 2.24) is 14.7 Å². The van der Waals surface area contributed by atoms with E-state index in [2.05, 4.69) is 33.9 Å². The van der Waals surface area contributed by atoms with Crippen LogP contribution in [-0.2, 0) is 22.6 Å². The van der Waals surface area contributed by atoms with E-state index in [1.807, 2.05) is 19.9 Å². The van der Waals surface area contributed by atoms with E-state index in [9.17, 15) is 9.59 Å². The summed E-state index contributed by atoms with van der Waals surface area (Å²) in [5.41, 5.74) is 2.88. The zero-order valence-corrected chi connectivity index (χ0v) is 18.3. The van der Waals surface area contributed by atoms with Crippen LogP contribution < -0.4 is 10.1 Å². The fourth-order valence-corrected chi connectivity index (χ4v) is 3.49. The van der Waals surface area contributed by atoms with E-state index in [0.29, 0.717) is 17.0 Å². The van der Waals surface area contributed by atoms with Crippen LogP contribution in [0, 0.1) is 13.8 Å². The standard InChI is InChI=1S/C22H26N4O5/c1-13(2)26-14(3)10-16(15(26)4)22(28)30-12-21-24-19(25-31-21)11-20(27)23-17-8-6-7-9-18(17)29-5/h6-10,13H,11-12H2,1-5H3,(H,23,27). The van der Waals surface area contributed by atoms with E-state index >= 15 is 0 Å². The third-order valence-electron chi connectivity index (χ3n) is 4.76. The van der Waals surface area contributed by atoms with Gasteiger partial charge < -0.3 is 23.9 Å². The first-order chi connectivity index (χ1) is 14.8. The lowest BCUT2D eigenvalue weighted by atomic mass is 10.2. The minimum absolute atomic E-state index is 0.0922. The Kier molecular flexibility index (Phi) is 6.74. The number of nitrogens with one attached hydrogen (secondary N) is 1. The SMILES string of the molecule is COc1ccccc1NC(=O)Cc1noc(COC(=O)c2cc(C)n(C(C)C)c2C)n1. The number of amides is 1. The molecular formula is C22H26N4O5. The fraction of sp³-hybridized carbons (Fsp3) is 0.364. The summed E-state index contributed by atoms with van der Waals surface area (Å²) in [7, 11) is 1.53. The molecule has 9 heteroatoms. The van der Waals surface area contributed by atoms with Gasteiger partial charge in [0, 0.05) is 17.4 Å². The summed E-state index contributed by atoms with van der Waals surface area (Å²) in [6.07, 6.45) is -0.0922. The molecule has 1 aromatic carbocycles. The molecule has 3 aromatic rings. The molecule has 0 atom stereocenters. The highest BCUT2D eigenvalue weighted by Crippen LogP contribution is 2.23. The van der Waals surface area contributed by atoms with Gasteiger partial charge in [0.15, 0.2) is 12.4 Å². The number of rotatable bonds is 8. The van der Waals surface area contributed by atoms with Crippen molar-refractivity contribution >= 4 is 17.6 Å². The lowest BCUT2D eigenvalue weighted by Crippen LogP contribution is -2.15. The summed E-state index contributed by atoms with van der Waals surface area (Å²) in [6, 6.07) is 9.11. The van der Waals surface area contributed by atoms with E-state index in [1.165, 1.54) is 7.11 Å². The van der Waals surface area contributed by atoms with E-state index in [1.54, 1.807) is 24.3 Å². The van der Waals surface area contributed by atoms with Gasteiger partial charge in [-0.25, -0.2) is 4.79 Å². The summed E-state index contributed by atoms with van der Waals surface area (Å²) in [6.45, 7) is 7.77. The van der Waals surface area contributed by atoms with Gasteiger partial charge in [0.05, 0.1) is 24.8 Å². The first-order valence-electron chi connectivity index (χ1n) is 9.90. The molecule has 0 aliphatic heterocycles. The molecule has 9 nitrogen and oxygen atoms in total. The number of nitrogens with zero attached hydrogens (tertiary/aromatic N) is 3. The number of benzene rings is 1. The van der Waals surface area contributed by atoms with Gasteiger partial charge in [0.1, 0.15) is 5.75 Å². The number of aromatic nitrogens is 3. The molecular weight excluding hydrogens is 400 g/mol. The largest absolute Gasteiger partial charge is 0.495 e. The molecule has 0 unspecified atom stereocenters. The number of esters is 1. The monoisotopic (exact) mass is 426 g/mol. The number of methoxy groups -OCH3 is 1. The molecule has 2 aromatic heterocycles. The number of ether oxygens (including phenoxy) is 2. The van der Waals surface area contributed by atoms with Crippen molar-refractivity contribution in [3.05, 3.63) is 59.0 Å². The molecule has 0 spiro atoms. The topological polar surface area (TPSA) is 108 Å². The molecule has 0 bridgehead atoms. The third kappa shape index (κ3) is 5.11. The van der Waals surface area contributed by atoms with Crippen molar-refractivity contribution in [3.63, 3.8) is 0 Å². The fourth-order valence-electron chi connectivity index (χ4n) is 3.49. The van der Waals surface area contributed by atoms with Gasteiger partial charge in [0.2, 0.25) is 5.91 Å². The Morgan fingerprint density at radius 2 is 1.97 bits per heavy atom. The van der Waals surface area contributed by atoms with Crippen LogP contribution >= 0.6 is 0 Å². The molecule has 164 valence electrons. The number of carbonyl (C=O) groups excluding carboxylic acids is 2. The Morgan fingerprint density at radius 3 is 2.65 bits per heavy atom. The van der Waals surface area contributed by atoms with Crippen molar-refractivity contribution < 1.29 is 23.6 Å². The second-order valence-corrected chi connectivity index (χ2v) is 7.35. The summed E-state index contributed by atoms with van der Waals surface area (Å²) in [5.74, 6) is 0.0690. The summed E-state index contributed by atoms with van der Waals surface area (Å²) in [4.78, 5) is 28.9. The van der Waals surface area contributed by atoms with Crippen LogP contribution in [0.5, 0.6) is 5.75 Å². The Morgan fingerprint density at radius 1 is 1.23 bits per heavy atom. The molecule has 0 saturated carbocycles. The maximum atomic E-state index is 12.5. The predicted octanol–water partition coefficient (Wildman–Crippen LogP) is 3.62. The lowest BCUT2D eigenvalue weighted by Gasteiger charge is -2.13. The average molecular weight is 426 g/mol. The van der Waals surface area contributed by atoms with Crippen LogP contribution in [0.4, 0.5) is 5.69 Å². The number of carbonyl (C=O) groups is 2. The summed E-state index contributed by atoms with van der Waals surface area (Å²) in [5, 5.41) is 6.52. The van der Waals surface area contributed by atoms with E-state index in [4.69, 9.17) is 14.0 Å². The van der Waals surface area contributed by atoms with Crippen LogP contribution in [0.3, 0.4) is 0 Å². The molecule has 2 heterocycles. The van der Waals surface area contributed by atoms with Gasteiger partial charge in [0.25, 0.3) is 5.89 Å². The van der Waals surface area contributed by atoms with Crippen LogP contribution in [0.1, 0.15) is 53.4 Å². The zero-order chi connectivity index (χ0) is 22.5. The van der Waals surface area contributed by atoms with Gasteiger partial charge in [-0.05, 0) is 45.9 Å². The van der Waals surface area contributed by atoms with Crippen molar-refractivity contribution in [2.45, 2.75) is 46.8 Å². The quantitative estimate of drug-likeness (QED) is 0.548. The number of aryl methyl sites for hydroxylation is 1. The Bertz CT molecular complexity index is 1080. The van der Waals surface area contributed by atoms with E-state index in [0.717, 1.165) is 11.4 Å². The summed E-state index contributed by atoms with van der Waals surface area (Å²) >= 11 is 0. The van der Waals surface area contributed by atoms with Crippen LogP contribution in [0.2, 0.25) is 0 Å². The molecule has 0 saturated heterocycles. The zero-order valence-electron chi connectivity index (χ0n) is 18.3. The second kappa shape index (κ2) is 9.46. The molecule has 0 radical (unpaired) electrons. The minimum Gasteiger partial charge on any atom is -0.495 e. The maximum absolute atomic E-state index is 12.5. The van der Waals surface area contributed by atoms with Crippen molar-refractivity contribution in [1.29, 1.82) is 0 Å². The van der Waals surface area contributed by atoms with Crippen molar-refractivity contribution in [3.8, 4) is 5.75 Å². The van der Waals surface area contributed by atoms with Gasteiger partial charge in [-0.2, -0.15) is 4.98 Å². The number of hydrogen-bond donors (Lipinski definition) is 1. The van der Waals surface area contributed by atoms with Crippen LogP contribution in [0.25, 0.3) is 0 Å². The first-order valence-corrected chi connectivity index (χ1v) is 9.90. The average Bonchev–Trinajstić information content (AvgIpc) is 3.29. The Labute approximate surface area is 180 Å². The first kappa shape index (κ1) is 22.1. The van der Waals surface area contributed by atoms with Crippen LogP contribution in [-0.4, -0.2) is 33.7 Å². The summed E-state index contributed by atoms with van der Waals surface area (Å²) < 4.78 is 17.7. The van der Waals surface area contributed by atoms with Crippen molar-refractivity contribution in [2.75, 3.05) is 12.4 Å². The van der Waals surface area contributed by atoms with E-state index in [-0.39, 0.29) is 36.7 Å². The highest BCUT2D eigenvalue weighted by atomic mass is 16.6.